The summed E-state index contributed by atoms with van der Waals surface area (Å²) in [4.78, 5) is 0. The summed E-state index contributed by atoms with van der Waals surface area (Å²) >= 11 is 7.64. The molecule has 0 aliphatic carbocycles. The lowest BCUT2D eigenvalue weighted by atomic mass is 10.2. The summed E-state index contributed by atoms with van der Waals surface area (Å²) in [6.07, 6.45) is 0.827. The highest BCUT2D eigenvalue weighted by Gasteiger charge is 2.03. The molecule has 0 spiro atoms. The van der Waals surface area contributed by atoms with Gasteiger partial charge in [0, 0.05) is 17.6 Å². The minimum Gasteiger partial charge on any atom is -0.398 e. The Morgan fingerprint density at radius 2 is 2.27 bits per heavy atom. The van der Waals surface area contributed by atoms with Crippen molar-refractivity contribution in [3.8, 4) is 0 Å². The first-order valence-electron chi connectivity index (χ1n) is 4.90. The van der Waals surface area contributed by atoms with Gasteiger partial charge in [0.05, 0.1) is 10.7 Å². The molecular formula is C11H16ClNOS. The van der Waals surface area contributed by atoms with Gasteiger partial charge in [0.1, 0.15) is 0 Å². The molecule has 2 nitrogen and oxygen atoms in total. The first kappa shape index (κ1) is 12.7. The summed E-state index contributed by atoms with van der Waals surface area (Å²) in [5, 5.41) is 9.83. The Bertz CT molecular complexity index is 319. The summed E-state index contributed by atoms with van der Waals surface area (Å²) in [5.74, 6) is 0.905. The molecule has 0 aliphatic rings. The fourth-order valence-corrected chi connectivity index (χ4v) is 2.23. The van der Waals surface area contributed by atoms with E-state index in [1.807, 2.05) is 30.0 Å². The second-order valence-corrected chi connectivity index (χ2v) is 5.32. The van der Waals surface area contributed by atoms with Gasteiger partial charge in [0.2, 0.25) is 0 Å². The van der Waals surface area contributed by atoms with Crippen molar-refractivity contribution in [2.24, 2.45) is 0 Å². The van der Waals surface area contributed by atoms with E-state index in [1.54, 1.807) is 0 Å². The highest BCUT2D eigenvalue weighted by Crippen LogP contribution is 2.24. The molecule has 0 aliphatic heterocycles. The standard InChI is InChI=1S/C11H16ClNOS/c1-8(4-5-14)15-7-9-2-3-10(12)11(13)6-9/h2-3,6,8,14H,4-5,7,13H2,1H3. The third-order valence-corrected chi connectivity index (χ3v) is 3.78. The summed E-state index contributed by atoms with van der Waals surface area (Å²) in [6.45, 7) is 2.36. The highest BCUT2D eigenvalue weighted by atomic mass is 35.5. The third kappa shape index (κ3) is 4.33. The van der Waals surface area contributed by atoms with Crippen LogP contribution in [0, 0.1) is 0 Å². The molecule has 1 rings (SSSR count). The van der Waals surface area contributed by atoms with Gasteiger partial charge < -0.3 is 10.8 Å². The minimum atomic E-state index is 0.247. The Kier molecular flexibility index (Phi) is 5.29. The van der Waals surface area contributed by atoms with E-state index in [2.05, 4.69) is 6.92 Å². The van der Waals surface area contributed by atoms with Crippen molar-refractivity contribution in [2.75, 3.05) is 12.3 Å². The second kappa shape index (κ2) is 6.26. The van der Waals surface area contributed by atoms with Gasteiger partial charge in [-0.15, -0.1) is 0 Å². The molecule has 0 bridgehead atoms. The molecule has 1 atom stereocenters. The molecule has 0 saturated carbocycles. The van der Waals surface area contributed by atoms with Crippen LogP contribution >= 0.6 is 23.4 Å². The maximum atomic E-state index is 8.76. The Morgan fingerprint density at radius 3 is 2.87 bits per heavy atom. The number of benzene rings is 1. The molecule has 0 radical (unpaired) electrons. The zero-order valence-electron chi connectivity index (χ0n) is 8.74. The molecule has 15 heavy (non-hydrogen) atoms. The number of anilines is 1. The van der Waals surface area contributed by atoms with Crippen LogP contribution in [0.5, 0.6) is 0 Å². The zero-order chi connectivity index (χ0) is 11.3. The molecule has 4 heteroatoms. The van der Waals surface area contributed by atoms with Crippen molar-refractivity contribution in [1.82, 2.24) is 0 Å². The Morgan fingerprint density at radius 1 is 1.53 bits per heavy atom. The molecule has 0 fully saturated rings. The van der Waals surface area contributed by atoms with Crippen molar-refractivity contribution in [3.05, 3.63) is 28.8 Å². The summed E-state index contributed by atoms with van der Waals surface area (Å²) < 4.78 is 0. The van der Waals surface area contributed by atoms with Gasteiger partial charge in [-0.1, -0.05) is 24.6 Å². The van der Waals surface area contributed by atoms with E-state index in [4.69, 9.17) is 22.4 Å². The number of thioether (sulfide) groups is 1. The van der Waals surface area contributed by atoms with Crippen LogP contribution in [0.4, 0.5) is 5.69 Å². The SMILES string of the molecule is CC(CCO)SCc1ccc(Cl)c(N)c1. The average molecular weight is 246 g/mol. The summed E-state index contributed by atoms with van der Waals surface area (Å²) in [7, 11) is 0. The fraction of sp³-hybridized carbons (Fsp3) is 0.455. The molecule has 0 amide bonds. The van der Waals surface area contributed by atoms with Gasteiger partial charge in [-0.2, -0.15) is 11.8 Å². The Hall–Kier alpha value is -0.380. The van der Waals surface area contributed by atoms with Crippen molar-refractivity contribution in [2.45, 2.75) is 24.3 Å². The highest BCUT2D eigenvalue weighted by molar-refractivity contribution is 7.99. The molecule has 1 unspecified atom stereocenters. The summed E-state index contributed by atoms with van der Waals surface area (Å²) in [6, 6.07) is 5.71. The van der Waals surface area contributed by atoms with E-state index in [0.29, 0.717) is 16.0 Å². The van der Waals surface area contributed by atoms with Crippen molar-refractivity contribution < 1.29 is 5.11 Å². The van der Waals surface area contributed by atoms with E-state index < -0.39 is 0 Å². The maximum absolute atomic E-state index is 8.76. The van der Waals surface area contributed by atoms with Crippen molar-refractivity contribution >= 4 is 29.1 Å². The smallest absolute Gasteiger partial charge is 0.0635 e. The fourth-order valence-electron chi connectivity index (χ4n) is 1.19. The van der Waals surface area contributed by atoms with E-state index in [-0.39, 0.29) is 6.61 Å². The minimum absolute atomic E-state index is 0.247. The van der Waals surface area contributed by atoms with Crippen molar-refractivity contribution in [3.63, 3.8) is 0 Å². The molecular weight excluding hydrogens is 230 g/mol. The van der Waals surface area contributed by atoms with Gasteiger partial charge >= 0.3 is 0 Å². The monoisotopic (exact) mass is 245 g/mol. The van der Waals surface area contributed by atoms with Gasteiger partial charge in [-0.3, -0.25) is 0 Å². The lowest BCUT2D eigenvalue weighted by Gasteiger charge is -2.09. The molecule has 0 aromatic heterocycles. The number of hydrogen-bond donors (Lipinski definition) is 2. The Labute approximate surface area is 99.8 Å². The normalized spacial score (nSPS) is 12.7. The van der Waals surface area contributed by atoms with E-state index in [1.165, 1.54) is 5.56 Å². The molecule has 84 valence electrons. The second-order valence-electron chi connectivity index (χ2n) is 3.49. The zero-order valence-corrected chi connectivity index (χ0v) is 10.3. The number of hydrogen-bond acceptors (Lipinski definition) is 3. The van der Waals surface area contributed by atoms with Crippen LogP contribution in [-0.4, -0.2) is 17.0 Å². The van der Waals surface area contributed by atoms with Gasteiger partial charge in [-0.05, 0) is 24.1 Å². The van der Waals surface area contributed by atoms with Crippen LogP contribution in [0.25, 0.3) is 0 Å². The number of halogens is 1. The summed E-state index contributed by atoms with van der Waals surface area (Å²) in [5.41, 5.74) is 7.51. The first-order valence-corrected chi connectivity index (χ1v) is 6.32. The molecule has 1 aromatic carbocycles. The lowest BCUT2D eigenvalue weighted by molar-refractivity contribution is 0.289. The Balaban J connectivity index is 2.47. The number of aliphatic hydroxyl groups excluding tert-OH is 1. The quantitative estimate of drug-likeness (QED) is 0.785. The topological polar surface area (TPSA) is 46.2 Å². The number of nitrogen functional groups attached to an aromatic ring is 1. The predicted octanol–water partition coefficient (Wildman–Crippen LogP) is 2.93. The van der Waals surface area contributed by atoms with Crippen LogP contribution in [0.3, 0.4) is 0 Å². The molecule has 3 N–H and O–H groups in total. The van der Waals surface area contributed by atoms with Crippen LogP contribution in [0.1, 0.15) is 18.9 Å². The lowest BCUT2D eigenvalue weighted by Crippen LogP contribution is -2.00. The van der Waals surface area contributed by atoms with E-state index in [9.17, 15) is 0 Å². The van der Waals surface area contributed by atoms with Crippen LogP contribution in [-0.2, 0) is 5.75 Å². The molecule has 0 saturated heterocycles. The molecule has 0 heterocycles. The van der Waals surface area contributed by atoms with Crippen molar-refractivity contribution in [1.29, 1.82) is 0 Å². The van der Waals surface area contributed by atoms with Crippen LogP contribution < -0.4 is 5.73 Å². The largest absolute Gasteiger partial charge is 0.398 e. The van der Waals surface area contributed by atoms with Gasteiger partial charge in [-0.25, -0.2) is 0 Å². The van der Waals surface area contributed by atoms with Crippen LogP contribution in [0.2, 0.25) is 5.02 Å². The third-order valence-electron chi connectivity index (χ3n) is 2.13. The molecule has 1 aromatic rings. The predicted molar refractivity (Wildman–Crippen MR) is 68.3 cm³/mol. The number of rotatable bonds is 5. The average Bonchev–Trinajstić information content (AvgIpc) is 2.20. The maximum Gasteiger partial charge on any atom is 0.0635 e. The van der Waals surface area contributed by atoms with Gasteiger partial charge in [0.25, 0.3) is 0 Å². The first-order chi connectivity index (χ1) is 7.13. The van der Waals surface area contributed by atoms with Gasteiger partial charge in [0.15, 0.2) is 0 Å². The van der Waals surface area contributed by atoms with Crippen LogP contribution in [0.15, 0.2) is 18.2 Å². The van der Waals surface area contributed by atoms with E-state index >= 15 is 0 Å². The van der Waals surface area contributed by atoms with E-state index in [0.717, 1.165) is 12.2 Å². The number of aliphatic hydroxyl groups is 1. The number of nitrogens with two attached hydrogens (primary N) is 1.